The van der Waals surface area contributed by atoms with Crippen LogP contribution in [-0.4, -0.2) is 26.9 Å². The summed E-state index contributed by atoms with van der Waals surface area (Å²) in [6.07, 6.45) is -3.70. The molecule has 4 N–H and O–H groups in total. The van der Waals surface area contributed by atoms with E-state index in [1.54, 1.807) is 0 Å². The zero-order valence-corrected chi connectivity index (χ0v) is 7.59. The van der Waals surface area contributed by atoms with Crippen molar-refractivity contribution in [3.63, 3.8) is 0 Å². The van der Waals surface area contributed by atoms with Gasteiger partial charge in [0.05, 0.1) is 0 Å². The molecule has 2 aromatic rings. The molecule has 0 unspecified atom stereocenters. The maximum atomic E-state index is 12.1. The number of nitrogens with one attached hydrogen (secondary N) is 2. The molecule has 0 aliphatic rings. The van der Waals surface area contributed by atoms with Crippen LogP contribution in [0.5, 0.6) is 0 Å². The van der Waals surface area contributed by atoms with Gasteiger partial charge in [0.15, 0.2) is 12.1 Å². The highest BCUT2D eigenvalue weighted by Gasteiger charge is 2.43. The number of nitrogens with two attached hydrogens (primary N) is 1. The van der Waals surface area contributed by atoms with Crippen LogP contribution in [0.3, 0.4) is 0 Å². The van der Waals surface area contributed by atoms with E-state index in [0.29, 0.717) is 0 Å². The Labute approximate surface area is 85.7 Å². The first-order valence-electron chi connectivity index (χ1n) is 4.03. The van der Waals surface area contributed by atoms with E-state index in [1.165, 1.54) is 6.33 Å². The molecular weight excluding hydrogens is 227 g/mol. The van der Waals surface area contributed by atoms with Gasteiger partial charge in [0.1, 0.15) is 0 Å². The number of hydrogen-bond donors (Lipinski definition) is 2. The molecule has 0 saturated carbocycles. The number of carbonyl (C=O) groups is 1. The van der Waals surface area contributed by atoms with E-state index in [9.17, 15) is 18.0 Å². The topological polar surface area (TPSA) is 98.8 Å². The molecule has 0 bridgehead atoms. The zero-order valence-electron chi connectivity index (χ0n) is 7.59. The lowest BCUT2D eigenvalue weighted by Crippen LogP contribution is -2.25. The second-order valence-corrected chi connectivity index (χ2v) is 2.92. The molecule has 6 nitrogen and oxygen atoms in total. The van der Waals surface area contributed by atoms with Crippen LogP contribution < -0.4 is 10.7 Å². The molecular formula is C7H5F3N5O+. The fraction of sp³-hybridized carbons (Fsp3) is 0.143. The smallest absolute Gasteiger partial charge is 0.380 e. The molecule has 0 amide bonds. The normalized spacial score (nSPS) is 11.9. The molecule has 9 heteroatoms. The van der Waals surface area contributed by atoms with E-state index in [2.05, 4.69) is 19.9 Å². The first-order valence-corrected chi connectivity index (χ1v) is 4.03. The van der Waals surface area contributed by atoms with Gasteiger partial charge in [-0.2, -0.15) is 18.2 Å². The maximum Gasteiger partial charge on any atom is 0.459 e. The fourth-order valence-corrected chi connectivity index (χ4v) is 1.13. The van der Waals surface area contributed by atoms with Gasteiger partial charge in [-0.1, -0.05) is 4.98 Å². The molecule has 0 aromatic carbocycles. The molecule has 0 saturated heterocycles. The third-order valence-corrected chi connectivity index (χ3v) is 1.82. The molecule has 0 radical (unpaired) electrons. The Balaban J connectivity index is 2.58. The molecule has 0 fully saturated rings. The zero-order chi connectivity index (χ0) is 11.9. The number of Topliss-reactive ketones (excluding diaryl/α,β-unsaturated/α-hetero) is 1. The standard InChI is InChI=1S/C7H4F3N5O/c8-7(9,10)3(16)6-14-4(11)2-5(15-6)13-1-12-2/h1H,(H3,11,12,13,14,15)/p+1. The molecule has 2 rings (SSSR count). The van der Waals surface area contributed by atoms with Crippen molar-refractivity contribution in [3.05, 3.63) is 12.2 Å². The predicted molar refractivity (Wildman–Crippen MR) is 45.2 cm³/mol. The summed E-state index contributed by atoms with van der Waals surface area (Å²) < 4.78 is 36.3. The summed E-state index contributed by atoms with van der Waals surface area (Å²) in [5.74, 6) is -3.33. The molecule has 2 aromatic heterocycles. The largest absolute Gasteiger partial charge is 0.459 e. The first-order chi connectivity index (χ1) is 7.39. The van der Waals surface area contributed by atoms with Crippen LogP contribution in [0.4, 0.5) is 19.0 Å². The minimum atomic E-state index is -5.02. The van der Waals surface area contributed by atoms with Gasteiger partial charge in [0.25, 0.3) is 5.82 Å². The summed E-state index contributed by atoms with van der Waals surface area (Å²) in [7, 11) is 0. The number of fused-ring (bicyclic) bond motifs is 1. The number of rotatable bonds is 1. The minimum Gasteiger partial charge on any atom is -0.380 e. The van der Waals surface area contributed by atoms with Crippen molar-refractivity contribution in [2.45, 2.75) is 6.18 Å². The Morgan fingerprint density at radius 3 is 2.75 bits per heavy atom. The van der Waals surface area contributed by atoms with E-state index in [-0.39, 0.29) is 17.0 Å². The molecule has 0 aliphatic heterocycles. The summed E-state index contributed by atoms with van der Waals surface area (Å²) >= 11 is 0. The van der Waals surface area contributed by atoms with Gasteiger partial charge in [0, 0.05) is 0 Å². The number of aromatic nitrogens is 4. The molecule has 0 atom stereocenters. The van der Waals surface area contributed by atoms with Crippen LogP contribution in [0.15, 0.2) is 6.33 Å². The lowest BCUT2D eigenvalue weighted by Gasteiger charge is -2.01. The summed E-state index contributed by atoms with van der Waals surface area (Å²) in [5, 5.41) is 0. The Bertz CT molecular complexity index is 561. The number of halogens is 3. The average Bonchev–Trinajstić information content (AvgIpc) is 2.63. The number of aromatic amines is 2. The highest BCUT2D eigenvalue weighted by molar-refractivity contribution is 5.98. The van der Waals surface area contributed by atoms with Gasteiger partial charge >= 0.3 is 17.6 Å². The lowest BCUT2D eigenvalue weighted by molar-refractivity contribution is -0.347. The quantitative estimate of drug-likeness (QED) is 0.681. The Morgan fingerprint density at radius 1 is 1.44 bits per heavy atom. The number of hydrogen-bond acceptors (Lipinski definition) is 4. The Hall–Kier alpha value is -2.19. The van der Waals surface area contributed by atoms with Crippen molar-refractivity contribution in [1.82, 2.24) is 15.0 Å². The molecule has 2 heterocycles. The van der Waals surface area contributed by atoms with Crippen molar-refractivity contribution in [3.8, 4) is 0 Å². The van der Waals surface area contributed by atoms with E-state index < -0.39 is 17.8 Å². The molecule has 0 aliphatic carbocycles. The number of nitrogens with zero attached hydrogens (tertiary/aromatic N) is 2. The monoisotopic (exact) mass is 232 g/mol. The Kier molecular flexibility index (Phi) is 2.04. The fourth-order valence-electron chi connectivity index (χ4n) is 1.13. The molecule has 16 heavy (non-hydrogen) atoms. The Morgan fingerprint density at radius 2 is 2.12 bits per heavy atom. The second-order valence-electron chi connectivity index (χ2n) is 2.92. The maximum absolute atomic E-state index is 12.1. The molecule has 0 spiro atoms. The van der Waals surface area contributed by atoms with Crippen LogP contribution in [0, 0.1) is 0 Å². The van der Waals surface area contributed by atoms with Crippen LogP contribution >= 0.6 is 0 Å². The summed E-state index contributed by atoms with van der Waals surface area (Å²) in [6, 6.07) is 0. The van der Waals surface area contributed by atoms with E-state index in [0.717, 1.165) is 0 Å². The van der Waals surface area contributed by atoms with Crippen LogP contribution in [0.1, 0.15) is 10.6 Å². The van der Waals surface area contributed by atoms with Gasteiger partial charge in [-0.15, -0.1) is 0 Å². The third-order valence-electron chi connectivity index (χ3n) is 1.82. The predicted octanol–water partition coefficient (Wildman–Crippen LogP) is 0.0992. The van der Waals surface area contributed by atoms with Gasteiger partial charge in [-0.05, 0) is 0 Å². The highest BCUT2D eigenvalue weighted by atomic mass is 19.4. The summed E-state index contributed by atoms with van der Waals surface area (Å²) in [6.45, 7) is 0. The average molecular weight is 232 g/mol. The number of alkyl halides is 3. The minimum absolute atomic E-state index is 0.0418. The first kappa shape index (κ1) is 10.3. The number of H-pyrrole nitrogens is 2. The van der Waals surface area contributed by atoms with Crippen molar-refractivity contribution in [2.24, 2.45) is 0 Å². The van der Waals surface area contributed by atoms with Crippen molar-refractivity contribution in [1.29, 1.82) is 0 Å². The number of carbonyl (C=O) groups excluding carboxylic acids is 1. The van der Waals surface area contributed by atoms with E-state index >= 15 is 0 Å². The summed E-state index contributed by atoms with van der Waals surface area (Å²) in [4.78, 5) is 22.7. The number of ketones is 1. The van der Waals surface area contributed by atoms with E-state index in [4.69, 9.17) is 5.73 Å². The van der Waals surface area contributed by atoms with Gasteiger partial charge in [-0.25, -0.2) is 4.98 Å². The third kappa shape index (κ3) is 1.55. The van der Waals surface area contributed by atoms with Gasteiger partial charge in [-0.3, -0.25) is 9.78 Å². The second kappa shape index (κ2) is 3.15. The summed E-state index contributed by atoms with van der Waals surface area (Å²) in [5.41, 5.74) is 5.65. The van der Waals surface area contributed by atoms with Crippen LogP contribution in [0.25, 0.3) is 11.2 Å². The number of nitrogen functional groups attached to an aromatic ring is 1. The van der Waals surface area contributed by atoms with E-state index in [1.807, 2.05) is 0 Å². The SMILES string of the molecule is Nc1nc(C(=O)C(F)(F)F)nc2[nH+]c[nH]c12. The lowest BCUT2D eigenvalue weighted by atomic mass is 10.3. The number of anilines is 1. The van der Waals surface area contributed by atoms with Crippen molar-refractivity contribution < 1.29 is 22.9 Å². The van der Waals surface area contributed by atoms with Gasteiger partial charge in [0.2, 0.25) is 5.52 Å². The molecule has 84 valence electrons. The number of imidazole rings is 1. The van der Waals surface area contributed by atoms with Gasteiger partial charge < -0.3 is 5.73 Å². The van der Waals surface area contributed by atoms with Crippen molar-refractivity contribution in [2.75, 3.05) is 5.73 Å². The van der Waals surface area contributed by atoms with Crippen LogP contribution in [-0.2, 0) is 0 Å². The van der Waals surface area contributed by atoms with Crippen molar-refractivity contribution >= 4 is 22.8 Å². The van der Waals surface area contributed by atoms with Crippen LogP contribution in [0.2, 0.25) is 0 Å². The highest BCUT2D eigenvalue weighted by Crippen LogP contribution is 2.21.